The first kappa shape index (κ1) is 9.04. The minimum Gasteiger partial charge on any atom is -0.174 e. The van der Waals surface area contributed by atoms with Gasteiger partial charge in [0, 0.05) is 18.9 Å². The van der Waals surface area contributed by atoms with E-state index in [1.807, 2.05) is 0 Å². The van der Waals surface area contributed by atoms with Crippen molar-refractivity contribution in [1.29, 1.82) is 0 Å². The zero-order valence-electron chi connectivity index (χ0n) is 2.71. The van der Waals surface area contributed by atoms with E-state index < -0.39 is 6.68 Å². The third-order valence-electron chi connectivity index (χ3n) is 0. The van der Waals surface area contributed by atoms with E-state index in [2.05, 4.69) is 0 Å². The molecule has 0 N–H and O–H groups in total. The summed E-state index contributed by atoms with van der Waals surface area (Å²) in [7, 11) is 0. The van der Waals surface area contributed by atoms with Crippen LogP contribution in [0.4, 0.5) is 13.2 Å². The van der Waals surface area contributed by atoms with E-state index in [9.17, 15) is 13.2 Å². The molecule has 0 nitrogen and oxygen atoms in total. The van der Waals surface area contributed by atoms with Gasteiger partial charge in [0.15, 0.2) is 0 Å². The molecule has 4 heteroatoms. The molecule has 5 heavy (non-hydrogen) atoms. The van der Waals surface area contributed by atoms with Crippen molar-refractivity contribution in [2.75, 3.05) is 0 Å². The average molecular weight is 77.0 g/mol. The maximum Gasteiger partial charge on any atom is 0.379 e. The minimum absolute atomic E-state index is 0. The van der Waals surface area contributed by atoms with Crippen LogP contribution in [-0.2, 0) is 0 Å². The Kier molecular flexibility index (Phi) is 7.93. The van der Waals surface area contributed by atoms with E-state index in [1.165, 1.54) is 0 Å². The van der Waals surface area contributed by atoms with Crippen LogP contribution < -0.4 is 0 Å². The van der Waals surface area contributed by atoms with E-state index in [0.29, 0.717) is 0 Å². The molecule has 0 aliphatic heterocycles. The fourth-order valence-electron chi connectivity index (χ4n) is 0. The van der Waals surface area contributed by atoms with E-state index in [0.717, 1.165) is 0 Å². The molecular formula is CHF3Li. The van der Waals surface area contributed by atoms with Crippen molar-refractivity contribution in [3.8, 4) is 0 Å². The predicted molar refractivity (Wildman–Crippen MR) is 12.9 cm³/mol. The summed E-state index contributed by atoms with van der Waals surface area (Å²) in [5, 5.41) is 0. The maximum atomic E-state index is 9.67. The van der Waals surface area contributed by atoms with E-state index >= 15 is 0 Å². The Morgan fingerprint density at radius 1 is 1.00 bits per heavy atom. The third-order valence-corrected chi connectivity index (χ3v) is 0. The Hall–Kier alpha value is 0.387. The second kappa shape index (κ2) is 4.39. The number of halogens is 3. The van der Waals surface area contributed by atoms with Crippen molar-refractivity contribution < 1.29 is 13.2 Å². The minimum atomic E-state index is -3.67. The largest absolute Gasteiger partial charge is 0.379 e. The molecule has 0 rings (SSSR count). The Labute approximate surface area is 39.5 Å². The van der Waals surface area contributed by atoms with Crippen LogP contribution in [0.5, 0.6) is 0 Å². The van der Waals surface area contributed by atoms with Gasteiger partial charge in [0.2, 0.25) is 0 Å². The van der Waals surface area contributed by atoms with E-state index in [-0.39, 0.29) is 18.9 Å². The van der Waals surface area contributed by atoms with Crippen LogP contribution in [0.1, 0.15) is 0 Å². The van der Waals surface area contributed by atoms with Gasteiger partial charge in [-0.3, -0.25) is 0 Å². The Bertz CT molecular complexity index is 11.6. The third kappa shape index (κ3) is 167. The zero-order chi connectivity index (χ0) is 3.58. The van der Waals surface area contributed by atoms with Crippen LogP contribution in [0.15, 0.2) is 0 Å². The van der Waals surface area contributed by atoms with Gasteiger partial charge in [-0.2, -0.15) is 13.2 Å². The van der Waals surface area contributed by atoms with E-state index in [1.54, 1.807) is 0 Å². The maximum absolute atomic E-state index is 9.67. The number of rotatable bonds is 0. The fourth-order valence-corrected chi connectivity index (χ4v) is 0. The molecule has 0 aromatic carbocycles. The standard InChI is InChI=1S/CHF3.Li/c2-1(3)4;/h1H;. The number of hydrogen-bond donors (Lipinski definition) is 0. The molecule has 0 fully saturated rings. The summed E-state index contributed by atoms with van der Waals surface area (Å²) in [6.45, 7) is -3.67. The second-order valence-corrected chi connectivity index (χ2v) is 0.247. The molecule has 1 radical (unpaired) electrons. The summed E-state index contributed by atoms with van der Waals surface area (Å²) in [5.41, 5.74) is 0. The number of alkyl halides is 3. The first-order valence-corrected chi connectivity index (χ1v) is 0.655. The Balaban J connectivity index is 0. The van der Waals surface area contributed by atoms with Gasteiger partial charge in [0.25, 0.3) is 0 Å². The van der Waals surface area contributed by atoms with Crippen LogP contribution in [0.3, 0.4) is 0 Å². The van der Waals surface area contributed by atoms with Gasteiger partial charge in [-0.15, -0.1) is 0 Å². The van der Waals surface area contributed by atoms with Gasteiger partial charge >= 0.3 is 6.68 Å². The van der Waals surface area contributed by atoms with Crippen molar-refractivity contribution in [1.82, 2.24) is 0 Å². The molecule has 0 saturated carbocycles. The van der Waals surface area contributed by atoms with E-state index in [4.69, 9.17) is 0 Å². The summed E-state index contributed by atoms with van der Waals surface area (Å²) >= 11 is 0. The second-order valence-electron chi connectivity index (χ2n) is 0.247. The van der Waals surface area contributed by atoms with Gasteiger partial charge in [0.1, 0.15) is 0 Å². The molecule has 0 saturated heterocycles. The quantitative estimate of drug-likeness (QED) is 0.375. The monoisotopic (exact) mass is 77.0 g/mol. The first-order valence-electron chi connectivity index (χ1n) is 0.655. The van der Waals surface area contributed by atoms with Crippen molar-refractivity contribution in [2.24, 2.45) is 0 Å². The molecule has 0 unspecified atom stereocenters. The normalized spacial score (nSPS) is 7.20. The van der Waals surface area contributed by atoms with Crippen LogP contribution in [-0.4, -0.2) is 25.5 Å². The molecule has 27 valence electrons. The number of hydrogen-bond acceptors (Lipinski definition) is 0. The van der Waals surface area contributed by atoms with Gasteiger partial charge < -0.3 is 0 Å². The summed E-state index contributed by atoms with van der Waals surface area (Å²) < 4.78 is 29.0. The molecule has 0 amide bonds. The van der Waals surface area contributed by atoms with Crippen molar-refractivity contribution in [3.63, 3.8) is 0 Å². The van der Waals surface area contributed by atoms with Crippen molar-refractivity contribution >= 4 is 18.9 Å². The van der Waals surface area contributed by atoms with Gasteiger partial charge in [0.05, 0.1) is 0 Å². The summed E-state index contributed by atoms with van der Waals surface area (Å²) in [5.74, 6) is 0. The van der Waals surface area contributed by atoms with Crippen LogP contribution in [0, 0.1) is 0 Å². The molecule has 0 atom stereocenters. The van der Waals surface area contributed by atoms with Gasteiger partial charge in [-0.1, -0.05) is 0 Å². The fraction of sp³-hybridized carbons (Fsp3) is 1.00. The Morgan fingerprint density at radius 2 is 1.00 bits per heavy atom. The van der Waals surface area contributed by atoms with Crippen LogP contribution >= 0.6 is 0 Å². The molecule has 0 bridgehead atoms. The molecule has 0 aromatic rings. The smallest absolute Gasteiger partial charge is 0.174 e. The SMILES string of the molecule is FC(F)F.[Li]. The molecule has 0 aliphatic rings. The first-order chi connectivity index (χ1) is 1.73. The summed E-state index contributed by atoms with van der Waals surface area (Å²) in [6.07, 6.45) is 0. The van der Waals surface area contributed by atoms with Crippen LogP contribution in [0.2, 0.25) is 0 Å². The molecule has 0 heterocycles. The molecular weight excluding hydrogens is 75.9 g/mol. The molecule has 0 aliphatic carbocycles. The van der Waals surface area contributed by atoms with Crippen molar-refractivity contribution in [2.45, 2.75) is 6.68 Å². The van der Waals surface area contributed by atoms with Gasteiger partial charge in [-0.25, -0.2) is 0 Å². The average Bonchev–Trinajstić information content (AvgIpc) is 0.811. The Morgan fingerprint density at radius 3 is 1.00 bits per heavy atom. The van der Waals surface area contributed by atoms with Crippen molar-refractivity contribution in [3.05, 3.63) is 0 Å². The zero-order valence-corrected chi connectivity index (χ0v) is 2.71. The summed E-state index contributed by atoms with van der Waals surface area (Å²) in [4.78, 5) is 0. The summed E-state index contributed by atoms with van der Waals surface area (Å²) in [6, 6.07) is 0. The topological polar surface area (TPSA) is 0 Å². The van der Waals surface area contributed by atoms with Gasteiger partial charge in [-0.05, 0) is 0 Å². The molecule has 0 aromatic heterocycles. The van der Waals surface area contributed by atoms with Crippen LogP contribution in [0.25, 0.3) is 0 Å². The molecule has 0 spiro atoms. The predicted octanol–water partition coefficient (Wildman–Crippen LogP) is 0.798.